The van der Waals surface area contributed by atoms with E-state index in [1.54, 1.807) is 0 Å². The lowest BCUT2D eigenvalue weighted by Crippen LogP contribution is -2.00. The third-order valence-corrected chi connectivity index (χ3v) is 1.66. The lowest BCUT2D eigenvalue weighted by molar-refractivity contribution is 0.888. The molecule has 0 saturated heterocycles. The number of aromatic nitrogens is 1. The Kier molecular flexibility index (Phi) is 2.82. The summed E-state index contributed by atoms with van der Waals surface area (Å²) in [7, 11) is 2.60. The third-order valence-electron chi connectivity index (χ3n) is 1.33. The van der Waals surface area contributed by atoms with E-state index < -0.39 is 0 Å². The molecule has 54 valence electrons. The average molecular weight is 153 g/mol. The third kappa shape index (κ3) is 2.07. The number of hydrogen-bond acceptors (Lipinski definition) is 1. The maximum atomic E-state index is 4.33. The van der Waals surface area contributed by atoms with Crippen LogP contribution in [0.3, 0.4) is 0 Å². The molecule has 0 aromatic carbocycles. The minimum atomic E-state index is 1.03. The Balaban J connectivity index is 2.75. The largest absolute Gasteiger partial charge is 0.254 e. The Bertz CT molecular complexity index is 210. The van der Waals surface area contributed by atoms with Crippen molar-refractivity contribution in [1.29, 1.82) is 0 Å². The van der Waals surface area contributed by atoms with E-state index in [-0.39, 0.29) is 0 Å². The lowest BCUT2D eigenvalue weighted by atomic mass is 10.2. The highest BCUT2D eigenvalue weighted by Crippen LogP contribution is 1.97. The fraction of sp³-hybridized carbons (Fsp3) is 0.375. The van der Waals surface area contributed by atoms with Gasteiger partial charge in [0.1, 0.15) is 0 Å². The van der Waals surface area contributed by atoms with Gasteiger partial charge in [-0.1, -0.05) is 28.7 Å². The molecule has 1 aromatic rings. The molecule has 2 heteroatoms. The first-order valence-electron chi connectivity index (χ1n) is 3.54. The maximum absolute atomic E-state index is 4.33. The van der Waals surface area contributed by atoms with E-state index in [9.17, 15) is 0 Å². The first kappa shape index (κ1) is 7.68. The van der Waals surface area contributed by atoms with Gasteiger partial charge in [-0.2, -0.15) is 0 Å². The zero-order valence-corrected chi connectivity index (χ0v) is 7.33. The van der Waals surface area contributed by atoms with E-state index in [2.05, 4.69) is 27.2 Å². The summed E-state index contributed by atoms with van der Waals surface area (Å²) in [5.41, 5.74) is 2.22. The van der Waals surface area contributed by atoms with Gasteiger partial charge in [0.05, 0.1) is 5.44 Å². The van der Waals surface area contributed by atoms with Gasteiger partial charge >= 0.3 is 0 Å². The van der Waals surface area contributed by atoms with Crippen LogP contribution in [0.1, 0.15) is 19.0 Å². The van der Waals surface area contributed by atoms with E-state index in [0.29, 0.717) is 0 Å². The Hall–Kier alpha value is -0.420. The molecule has 0 saturated carbocycles. The zero-order valence-electron chi connectivity index (χ0n) is 6.17. The van der Waals surface area contributed by atoms with Gasteiger partial charge in [-0.05, 0) is 18.6 Å². The van der Waals surface area contributed by atoms with Crippen LogP contribution in [0.5, 0.6) is 0 Å². The van der Waals surface area contributed by atoms with E-state index in [4.69, 9.17) is 0 Å². The van der Waals surface area contributed by atoms with Crippen LogP contribution < -0.4 is 5.44 Å². The Labute approximate surface area is 64.1 Å². The van der Waals surface area contributed by atoms with Gasteiger partial charge in [0.25, 0.3) is 0 Å². The van der Waals surface area contributed by atoms with Crippen LogP contribution in [0.4, 0.5) is 0 Å². The van der Waals surface area contributed by atoms with Crippen molar-refractivity contribution in [2.24, 2.45) is 0 Å². The van der Waals surface area contributed by atoms with Gasteiger partial charge < -0.3 is 0 Å². The van der Waals surface area contributed by atoms with Gasteiger partial charge in [-0.15, -0.1) is 0 Å². The number of hydrogen-bond donors (Lipinski definition) is 0. The molecule has 1 rings (SSSR count). The molecule has 0 aliphatic rings. The summed E-state index contributed by atoms with van der Waals surface area (Å²) in [5.74, 6) is 0. The molecule has 0 spiro atoms. The first-order chi connectivity index (χ1) is 4.83. The molecule has 1 atom stereocenters. The van der Waals surface area contributed by atoms with Gasteiger partial charge in [-0.3, -0.25) is 4.98 Å². The molecular formula is C8H12NP. The van der Waals surface area contributed by atoms with E-state index >= 15 is 0 Å². The monoisotopic (exact) mass is 153 g/mol. The summed E-state index contributed by atoms with van der Waals surface area (Å²) in [4.78, 5) is 4.33. The molecule has 0 bridgehead atoms. The Morgan fingerprint density at radius 1 is 1.50 bits per heavy atom. The topological polar surface area (TPSA) is 12.9 Å². The fourth-order valence-electron chi connectivity index (χ4n) is 0.894. The highest BCUT2D eigenvalue weighted by molar-refractivity contribution is 7.26. The van der Waals surface area contributed by atoms with Crippen molar-refractivity contribution in [3.05, 3.63) is 23.9 Å². The van der Waals surface area contributed by atoms with Crippen LogP contribution in [0.25, 0.3) is 0 Å². The minimum Gasteiger partial charge on any atom is -0.254 e. The fourth-order valence-corrected chi connectivity index (χ4v) is 1.17. The molecule has 0 aliphatic heterocycles. The molecule has 1 heterocycles. The van der Waals surface area contributed by atoms with Crippen LogP contribution in [0.15, 0.2) is 18.2 Å². The molecule has 10 heavy (non-hydrogen) atoms. The molecule has 1 unspecified atom stereocenters. The summed E-state index contributed by atoms with van der Waals surface area (Å²) < 4.78 is 0. The molecule has 0 radical (unpaired) electrons. The molecule has 0 amide bonds. The van der Waals surface area contributed by atoms with Crippen molar-refractivity contribution in [3.8, 4) is 0 Å². The summed E-state index contributed by atoms with van der Waals surface area (Å²) in [6.07, 6.45) is 2.25. The minimum absolute atomic E-state index is 1.03. The quantitative estimate of drug-likeness (QED) is 0.587. The van der Waals surface area contributed by atoms with Crippen LogP contribution in [0.2, 0.25) is 0 Å². The number of pyridine rings is 1. The summed E-state index contributed by atoms with van der Waals surface area (Å²) >= 11 is 0. The smallest absolute Gasteiger partial charge is 0.0572 e. The maximum Gasteiger partial charge on any atom is 0.0572 e. The zero-order chi connectivity index (χ0) is 7.40. The number of nitrogens with zero attached hydrogens (tertiary/aromatic N) is 1. The van der Waals surface area contributed by atoms with Crippen LogP contribution >= 0.6 is 9.24 Å². The molecule has 1 aromatic heterocycles. The van der Waals surface area contributed by atoms with E-state index in [1.807, 2.05) is 12.1 Å². The van der Waals surface area contributed by atoms with Gasteiger partial charge in [0, 0.05) is 5.69 Å². The van der Waals surface area contributed by atoms with Crippen LogP contribution in [0, 0.1) is 0 Å². The molecule has 0 aliphatic carbocycles. The molecule has 0 fully saturated rings. The Morgan fingerprint density at radius 3 is 2.90 bits per heavy atom. The molecular weight excluding hydrogens is 141 g/mol. The van der Waals surface area contributed by atoms with Gasteiger partial charge in [0.2, 0.25) is 0 Å². The molecule has 1 nitrogen and oxygen atoms in total. The van der Waals surface area contributed by atoms with Crippen LogP contribution in [-0.4, -0.2) is 4.98 Å². The van der Waals surface area contributed by atoms with Crippen molar-refractivity contribution < 1.29 is 0 Å². The van der Waals surface area contributed by atoms with Gasteiger partial charge in [0.15, 0.2) is 0 Å². The predicted molar refractivity (Wildman–Crippen MR) is 47.6 cm³/mol. The second-order valence-corrected chi connectivity index (χ2v) is 2.90. The number of rotatable bonds is 2. The van der Waals surface area contributed by atoms with Gasteiger partial charge in [-0.25, -0.2) is 0 Å². The second-order valence-electron chi connectivity index (χ2n) is 2.30. The number of aryl methyl sites for hydroxylation is 1. The first-order valence-corrected chi connectivity index (χ1v) is 4.12. The lowest BCUT2D eigenvalue weighted by Gasteiger charge is -1.96. The average Bonchev–Trinajstić information content (AvgIpc) is 1.88. The normalized spacial score (nSPS) is 9.80. The van der Waals surface area contributed by atoms with Crippen molar-refractivity contribution in [2.45, 2.75) is 19.8 Å². The standard InChI is InChI=1S/C8H12NP/c1-2-4-7-5-3-6-8(10)9-7/h3,5-6H,2,4,10H2,1H3. The van der Waals surface area contributed by atoms with Crippen LogP contribution in [-0.2, 0) is 6.42 Å². The predicted octanol–water partition coefficient (Wildman–Crippen LogP) is 1.53. The van der Waals surface area contributed by atoms with Crippen molar-refractivity contribution in [3.63, 3.8) is 0 Å². The Morgan fingerprint density at radius 2 is 2.30 bits per heavy atom. The van der Waals surface area contributed by atoms with Crippen molar-refractivity contribution in [1.82, 2.24) is 4.98 Å². The molecule has 0 N–H and O–H groups in total. The van der Waals surface area contributed by atoms with E-state index in [0.717, 1.165) is 11.9 Å². The summed E-state index contributed by atoms with van der Waals surface area (Å²) in [6, 6.07) is 6.10. The summed E-state index contributed by atoms with van der Waals surface area (Å²) in [6.45, 7) is 2.16. The van der Waals surface area contributed by atoms with Crippen molar-refractivity contribution >= 4 is 14.7 Å². The SMILES string of the molecule is CCCc1cccc(P)n1. The van der Waals surface area contributed by atoms with Crippen molar-refractivity contribution in [2.75, 3.05) is 0 Å². The summed E-state index contributed by atoms with van der Waals surface area (Å²) in [5, 5.41) is 0. The highest BCUT2D eigenvalue weighted by atomic mass is 31.0. The second kappa shape index (κ2) is 3.68. The highest BCUT2D eigenvalue weighted by Gasteiger charge is 1.90. The van der Waals surface area contributed by atoms with E-state index in [1.165, 1.54) is 12.1 Å².